The summed E-state index contributed by atoms with van der Waals surface area (Å²) in [4.78, 5) is 11.5. The molecule has 0 heterocycles. The van der Waals surface area contributed by atoms with E-state index in [0.29, 0.717) is 0 Å². The van der Waals surface area contributed by atoms with Crippen LogP contribution in [0.5, 0.6) is 0 Å². The van der Waals surface area contributed by atoms with Gasteiger partial charge >= 0.3 is 0 Å². The van der Waals surface area contributed by atoms with Crippen LogP contribution < -0.4 is 11.5 Å². The summed E-state index contributed by atoms with van der Waals surface area (Å²) in [7, 11) is 0. The number of hydrogen-bond acceptors (Lipinski definition) is 2. The van der Waals surface area contributed by atoms with Crippen molar-refractivity contribution in [3.05, 3.63) is 0 Å². The largest absolute Gasteiger partial charge is 0.369 e. The summed E-state index contributed by atoms with van der Waals surface area (Å²) in [6.07, 6.45) is 5.05. The molecule has 0 unspecified atom stereocenters. The molecule has 3 nitrogen and oxygen atoms in total. The Kier molecular flexibility index (Phi) is 2.66. The number of nitrogens with two attached hydrogens (primary N) is 2. The van der Waals surface area contributed by atoms with Crippen molar-refractivity contribution in [2.45, 2.75) is 51.5 Å². The summed E-state index contributed by atoms with van der Waals surface area (Å²) in [5, 5.41) is 0. The summed E-state index contributed by atoms with van der Waals surface area (Å²) in [6, 6.07) is 0. The molecular formula is C10H20N2O. The van der Waals surface area contributed by atoms with E-state index in [1.165, 1.54) is 6.42 Å². The molecule has 3 heteroatoms. The highest BCUT2D eigenvalue weighted by Gasteiger charge is 2.47. The molecule has 1 aliphatic rings. The first-order chi connectivity index (χ1) is 5.90. The monoisotopic (exact) mass is 184 g/mol. The van der Waals surface area contributed by atoms with Gasteiger partial charge in [-0.25, -0.2) is 0 Å². The molecule has 1 fully saturated rings. The lowest BCUT2D eigenvalue weighted by Crippen LogP contribution is -2.58. The minimum Gasteiger partial charge on any atom is -0.369 e. The SMILES string of the molecule is CC(C)(N)C1(C(N)=O)CCCCC1. The van der Waals surface area contributed by atoms with E-state index in [1.807, 2.05) is 13.8 Å². The van der Waals surface area contributed by atoms with Crippen molar-refractivity contribution < 1.29 is 4.79 Å². The molecule has 76 valence electrons. The number of hydrogen-bond donors (Lipinski definition) is 2. The van der Waals surface area contributed by atoms with Gasteiger partial charge in [-0.3, -0.25) is 4.79 Å². The standard InChI is InChI=1S/C10H20N2O/c1-9(2,12)10(8(11)13)6-4-3-5-7-10/h3-7,12H2,1-2H3,(H2,11,13). The van der Waals surface area contributed by atoms with Crippen LogP contribution in [0.3, 0.4) is 0 Å². The molecule has 1 amide bonds. The van der Waals surface area contributed by atoms with Crippen molar-refractivity contribution in [2.75, 3.05) is 0 Å². The molecular weight excluding hydrogens is 164 g/mol. The highest BCUT2D eigenvalue weighted by molar-refractivity contribution is 5.82. The summed E-state index contributed by atoms with van der Waals surface area (Å²) in [6.45, 7) is 3.81. The third-order valence-corrected chi connectivity index (χ3v) is 3.41. The molecule has 0 bridgehead atoms. The predicted octanol–water partition coefficient (Wildman–Crippen LogP) is 1.16. The Morgan fingerprint density at radius 2 is 1.69 bits per heavy atom. The van der Waals surface area contributed by atoms with E-state index in [0.717, 1.165) is 25.7 Å². The molecule has 0 aromatic heterocycles. The molecule has 0 atom stereocenters. The van der Waals surface area contributed by atoms with Gasteiger partial charge in [-0.2, -0.15) is 0 Å². The minimum atomic E-state index is -0.487. The molecule has 0 aromatic carbocycles. The van der Waals surface area contributed by atoms with E-state index in [2.05, 4.69) is 0 Å². The Morgan fingerprint density at radius 1 is 1.23 bits per heavy atom. The Bertz CT molecular complexity index is 199. The summed E-state index contributed by atoms with van der Waals surface area (Å²) in [5.74, 6) is -0.222. The van der Waals surface area contributed by atoms with E-state index in [4.69, 9.17) is 11.5 Å². The van der Waals surface area contributed by atoms with Gasteiger partial charge in [-0.05, 0) is 26.7 Å². The molecule has 1 saturated carbocycles. The maximum absolute atomic E-state index is 11.5. The molecule has 13 heavy (non-hydrogen) atoms. The third-order valence-electron chi connectivity index (χ3n) is 3.41. The Morgan fingerprint density at radius 3 is 1.92 bits per heavy atom. The molecule has 0 radical (unpaired) electrons. The van der Waals surface area contributed by atoms with E-state index in [-0.39, 0.29) is 5.91 Å². The maximum Gasteiger partial charge on any atom is 0.225 e. The van der Waals surface area contributed by atoms with Gasteiger partial charge in [-0.15, -0.1) is 0 Å². The van der Waals surface area contributed by atoms with Crippen LogP contribution in [-0.2, 0) is 4.79 Å². The number of carbonyl (C=O) groups is 1. The van der Waals surface area contributed by atoms with Gasteiger partial charge in [0.05, 0.1) is 5.41 Å². The molecule has 0 saturated heterocycles. The second kappa shape index (κ2) is 3.29. The average molecular weight is 184 g/mol. The molecule has 1 aliphatic carbocycles. The van der Waals surface area contributed by atoms with Crippen molar-refractivity contribution in [3.8, 4) is 0 Å². The fourth-order valence-corrected chi connectivity index (χ4v) is 2.36. The first kappa shape index (κ1) is 10.5. The van der Waals surface area contributed by atoms with Crippen molar-refractivity contribution in [3.63, 3.8) is 0 Å². The predicted molar refractivity (Wildman–Crippen MR) is 53.0 cm³/mol. The van der Waals surface area contributed by atoms with Crippen LogP contribution in [0, 0.1) is 5.41 Å². The van der Waals surface area contributed by atoms with Crippen LogP contribution in [-0.4, -0.2) is 11.4 Å². The van der Waals surface area contributed by atoms with E-state index in [9.17, 15) is 4.79 Å². The van der Waals surface area contributed by atoms with Crippen LogP contribution in [0.25, 0.3) is 0 Å². The zero-order valence-electron chi connectivity index (χ0n) is 8.60. The van der Waals surface area contributed by atoms with Crippen molar-refractivity contribution >= 4 is 5.91 Å². The second-order valence-corrected chi connectivity index (χ2v) is 4.73. The number of rotatable bonds is 2. The van der Waals surface area contributed by atoms with Crippen molar-refractivity contribution in [1.29, 1.82) is 0 Å². The van der Waals surface area contributed by atoms with Gasteiger partial charge in [-0.1, -0.05) is 19.3 Å². The van der Waals surface area contributed by atoms with Gasteiger partial charge in [0.1, 0.15) is 0 Å². The molecule has 1 rings (SSSR count). The molecule has 4 N–H and O–H groups in total. The topological polar surface area (TPSA) is 69.1 Å². The highest BCUT2D eigenvalue weighted by atomic mass is 16.1. The first-order valence-electron chi connectivity index (χ1n) is 4.99. The first-order valence-corrected chi connectivity index (χ1v) is 4.99. The van der Waals surface area contributed by atoms with Crippen molar-refractivity contribution in [1.82, 2.24) is 0 Å². The number of carbonyl (C=O) groups excluding carboxylic acids is 1. The fraction of sp³-hybridized carbons (Fsp3) is 0.900. The minimum absolute atomic E-state index is 0.222. The summed E-state index contributed by atoms with van der Waals surface area (Å²) >= 11 is 0. The molecule has 0 aliphatic heterocycles. The highest BCUT2D eigenvalue weighted by Crippen LogP contribution is 2.43. The number of primary amides is 1. The van der Waals surface area contributed by atoms with Gasteiger partial charge < -0.3 is 11.5 Å². The quantitative estimate of drug-likeness (QED) is 0.676. The van der Waals surface area contributed by atoms with Crippen LogP contribution in [0.15, 0.2) is 0 Å². The van der Waals surface area contributed by atoms with Gasteiger partial charge in [0.15, 0.2) is 0 Å². The Labute approximate surface area is 79.9 Å². The van der Waals surface area contributed by atoms with Crippen LogP contribution in [0.2, 0.25) is 0 Å². The lowest BCUT2D eigenvalue weighted by molar-refractivity contribution is -0.133. The summed E-state index contributed by atoms with van der Waals surface area (Å²) < 4.78 is 0. The maximum atomic E-state index is 11.5. The van der Waals surface area contributed by atoms with Gasteiger partial charge in [0, 0.05) is 5.54 Å². The van der Waals surface area contributed by atoms with Gasteiger partial charge in [0.25, 0.3) is 0 Å². The second-order valence-electron chi connectivity index (χ2n) is 4.73. The number of amides is 1. The Balaban J connectivity index is 2.93. The zero-order chi connectivity index (χ0) is 10.1. The van der Waals surface area contributed by atoms with Crippen LogP contribution >= 0.6 is 0 Å². The Hall–Kier alpha value is -0.570. The zero-order valence-corrected chi connectivity index (χ0v) is 8.60. The lowest BCUT2D eigenvalue weighted by Gasteiger charge is -2.44. The average Bonchev–Trinajstić information content (AvgIpc) is 2.03. The van der Waals surface area contributed by atoms with Crippen LogP contribution in [0.4, 0.5) is 0 Å². The molecule has 0 spiro atoms. The lowest BCUT2D eigenvalue weighted by atomic mass is 9.63. The summed E-state index contributed by atoms with van der Waals surface area (Å²) in [5.41, 5.74) is 10.6. The van der Waals surface area contributed by atoms with E-state index >= 15 is 0 Å². The normalized spacial score (nSPS) is 22.7. The van der Waals surface area contributed by atoms with E-state index in [1.54, 1.807) is 0 Å². The van der Waals surface area contributed by atoms with Crippen molar-refractivity contribution in [2.24, 2.45) is 16.9 Å². The smallest absolute Gasteiger partial charge is 0.225 e. The molecule has 0 aromatic rings. The van der Waals surface area contributed by atoms with Crippen LogP contribution in [0.1, 0.15) is 46.0 Å². The van der Waals surface area contributed by atoms with E-state index < -0.39 is 11.0 Å². The third kappa shape index (κ3) is 1.70. The fourth-order valence-electron chi connectivity index (χ4n) is 2.36. The van der Waals surface area contributed by atoms with Gasteiger partial charge in [0.2, 0.25) is 5.91 Å².